The first-order chi connectivity index (χ1) is 9.63. The monoisotopic (exact) mass is 273 g/mol. The molecule has 0 unspecified atom stereocenters. The topological polar surface area (TPSA) is 38.3 Å². The van der Waals surface area contributed by atoms with E-state index < -0.39 is 11.7 Å². The molecular formula is C16H16FNO2. The van der Waals surface area contributed by atoms with Crippen LogP contribution in [0.15, 0.2) is 42.5 Å². The van der Waals surface area contributed by atoms with Gasteiger partial charge in [-0.15, -0.1) is 0 Å². The quantitative estimate of drug-likeness (QED) is 0.923. The summed E-state index contributed by atoms with van der Waals surface area (Å²) in [5.74, 6) is -0.695. The highest BCUT2D eigenvalue weighted by Crippen LogP contribution is 2.18. The maximum absolute atomic E-state index is 13.8. The van der Waals surface area contributed by atoms with E-state index in [1.54, 1.807) is 12.1 Å². The van der Waals surface area contributed by atoms with Crippen molar-refractivity contribution in [3.8, 4) is 5.75 Å². The highest BCUT2D eigenvalue weighted by molar-refractivity contribution is 6.04. The molecule has 104 valence electrons. The second kappa shape index (κ2) is 6.19. The van der Waals surface area contributed by atoms with Gasteiger partial charge in [0.1, 0.15) is 11.6 Å². The standard InChI is InChI=1S/C16H16FNO2/c1-3-11-5-4-6-12(9-11)18-16(19)14-8-7-13(20-2)10-15(14)17/h4-10H,3H2,1-2H3,(H,18,19). The minimum atomic E-state index is -0.603. The van der Waals surface area contributed by atoms with Gasteiger partial charge in [-0.25, -0.2) is 4.39 Å². The minimum absolute atomic E-state index is 0.00676. The average molecular weight is 273 g/mol. The van der Waals surface area contributed by atoms with Crippen molar-refractivity contribution in [2.75, 3.05) is 12.4 Å². The van der Waals surface area contributed by atoms with Crippen LogP contribution in [0.5, 0.6) is 5.75 Å². The first-order valence-corrected chi connectivity index (χ1v) is 6.38. The maximum atomic E-state index is 13.8. The van der Waals surface area contributed by atoms with Crippen molar-refractivity contribution < 1.29 is 13.9 Å². The van der Waals surface area contributed by atoms with Crippen molar-refractivity contribution >= 4 is 11.6 Å². The SMILES string of the molecule is CCc1cccc(NC(=O)c2ccc(OC)cc2F)c1. The molecule has 1 N–H and O–H groups in total. The van der Waals surface area contributed by atoms with E-state index in [-0.39, 0.29) is 5.56 Å². The third-order valence-corrected chi connectivity index (χ3v) is 3.01. The molecule has 0 atom stereocenters. The van der Waals surface area contributed by atoms with Crippen LogP contribution in [0, 0.1) is 5.82 Å². The molecule has 0 spiro atoms. The van der Waals surface area contributed by atoms with E-state index in [0.717, 1.165) is 12.0 Å². The zero-order valence-electron chi connectivity index (χ0n) is 11.4. The Morgan fingerprint density at radius 1 is 1.25 bits per heavy atom. The fraction of sp³-hybridized carbons (Fsp3) is 0.188. The third kappa shape index (κ3) is 3.15. The number of amides is 1. The summed E-state index contributed by atoms with van der Waals surface area (Å²) in [5.41, 5.74) is 1.76. The Morgan fingerprint density at radius 3 is 2.70 bits per heavy atom. The fourth-order valence-corrected chi connectivity index (χ4v) is 1.87. The van der Waals surface area contributed by atoms with Gasteiger partial charge in [0, 0.05) is 11.8 Å². The molecule has 2 aromatic rings. The van der Waals surface area contributed by atoms with E-state index >= 15 is 0 Å². The maximum Gasteiger partial charge on any atom is 0.258 e. The molecule has 0 bridgehead atoms. The average Bonchev–Trinajstić information content (AvgIpc) is 2.47. The number of halogens is 1. The van der Waals surface area contributed by atoms with Gasteiger partial charge in [-0.3, -0.25) is 4.79 Å². The number of anilines is 1. The van der Waals surface area contributed by atoms with E-state index in [4.69, 9.17) is 4.74 Å². The number of rotatable bonds is 4. The Balaban J connectivity index is 2.19. The smallest absolute Gasteiger partial charge is 0.258 e. The fourth-order valence-electron chi connectivity index (χ4n) is 1.87. The summed E-state index contributed by atoms with van der Waals surface area (Å²) in [6.45, 7) is 2.03. The van der Waals surface area contributed by atoms with Crippen LogP contribution in [-0.4, -0.2) is 13.0 Å². The van der Waals surface area contributed by atoms with E-state index in [0.29, 0.717) is 11.4 Å². The van der Waals surface area contributed by atoms with Gasteiger partial charge >= 0.3 is 0 Å². The molecule has 0 saturated heterocycles. The van der Waals surface area contributed by atoms with Gasteiger partial charge < -0.3 is 10.1 Å². The van der Waals surface area contributed by atoms with Crippen LogP contribution in [0.4, 0.5) is 10.1 Å². The van der Waals surface area contributed by atoms with Crippen molar-refractivity contribution in [3.05, 3.63) is 59.4 Å². The molecule has 0 saturated carbocycles. The zero-order chi connectivity index (χ0) is 14.5. The van der Waals surface area contributed by atoms with Crippen LogP contribution in [-0.2, 0) is 6.42 Å². The summed E-state index contributed by atoms with van der Waals surface area (Å²) < 4.78 is 18.7. The number of ether oxygens (including phenoxy) is 1. The van der Waals surface area contributed by atoms with Crippen molar-refractivity contribution in [2.24, 2.45) is 0 Å². The summed E-state index contributed by atoms with van der Waals surface area (Å²) in [6, 6.07) is 11.6. The number of methoxy groups -OCH3 is 1. The van der Waals surface area contributed by atoms with Crippen LogP contribution in [0.25, 0.3) is 0 Å². The lowest BCUT2D eigenvalue weighted by Gasteiger charge is -2.08. The Bertz CT molecular complexity index is 626. The first kappa shape index (κ1) is 14.1. The number of nitrogens with one attached hydrogen (secondary N) is 1. The molecule has 2 aromatic carbocycles. The molecule has 20 heavy (non-hydrogen) atoms. The Labute approximate surface area is 117 Å². The largest absolute Gasteiger partial charge is 0.497 e. The molecule has 0 aliphatic rings. The van der Waals surface area contributed by atoms with Crippen LogP contribution < -0.4 is 10.1 Å². The van der Waals surface area contributed by atoms with Gasteiger partial charge in [0.25, 0.3) is 5.91 Å². The lowest BCUT2D eigenvalue weighted by atomic mass is 10.1. The molecule has 0 fully saturated rings. The highest BCUT2D eigenvalue weighted by atomic mass is 19.1. The Hall–Kier alpha value is -2.36. The molecule has 0 aromatic heterocycles. The van der Waals surface area contributed by atoms with Crippen molar-refractivity contribution in [2.45, 2.75) is 13.3 Å². The van der Waals surface area contributed by atoms with E-state index in [1.807, 2.05) is 25.1 Å². The molecule has 0 aliphatic carbocycles. The second-order valence-corrected chi connectivity index (χ2v) is 4.35. The second-order valence-electron chi connectivity index (χ2n) is 4.35. The van der Waals surface area contributed by atoms with Crippen molar-refractivity contribution in [3.63, 3.8) is 0 Å². The number of hydrogen-bond acceptors (Lipinski definition) is 2. The summed E-state index contributed by atoms with van der Waals surface area (Å²) in [4.78, 5) is 12.0. The number of aryl methyl sites for hydroxylation is 1. The molecule has 2 rings (SSSR count). The van der Waals surface area contributed by atoms with E-state index in [9.17, 15) is 9.18 Å². The van der Waals surface area contributed by atoms with Crippen LogP contribution in [0.3, 0.4) is 0 Å². The number of carbonyl (C=O) groups excluding carboxylic acids is 1. The number of carbonyl (C=O) groups is 1. The normalized spacial score (nSPS) is 10.2. The lowest BCUT2D eigenvalue weighted by molar-refractivity contribution is 0.102. The zero-order valence-corrected chi connectivity index (χ0v) is 11.4. The Morgan fingerprint density at radius 2 is 2.05 bits per heavy atom. The summed E-state index contributed by atoms with van der Waals surface area (Å²) >= 11 is 0. The molecule has 4 heteroatoms. The summed E-state index contributed by atoms with van der Waals surface area (Å²) in [7, 11) is 1.45. The minimum Gasteiger partial charge on any atom is -0.497 e. The molecule has 1 amide bonds. The van der Waals surface area contributed by atoms with Crippen LogP contribution in [0.1, 0.15) is 22.8 Å². The van der Waals surface area contributed by atoms with Gasteiger partial charge in [-0.05, 0) is 36.2 Å². The third-order valence-electron chi connectivity index (χ3n) is 3.01. The highest BCUT2D eigenvalue weighted by Gasteiger charge is 2.12. The van der Waals surface area contributed by atoms with Crippen LogP contribution >= 0.6 is 0 Å². The first-order valence-electron chi connectivity index (χ1n) is 6.38. The van der Waals surface area contributed by atoms with Gasteiger partial charge in [0.2, 0.25) is 0 Å². The van der Waals surface area contributed by atoms with Crippen LogP contribution in [0.2, 0.25) is 0 Å². The molecule has 0 aliphatic heterocycles. The van der Waals surface area contributed by atoms with Crippen molar-refractivity contribution in [1.82, 2.24) is 0 Å². The van der Waals surface area contributed by atoms with E-state index in [1.165, 1.54) is 19.2 Å². The van der Waals surface area contributed by atoms with Gasteiger partial charge in [0.05, 0.1) is 12.7 Å². The number of benzene rings is 2. The Kier molecular flexibility index (Phi) is 4.35. The predicted octanol–water partition coefficient (Wildman–Crippen LogP) is 3.65. The van der Waals surface area contributed by atoms with Gasteiger partial charge in [-0.1, -0.05) is 19.1 Å². The molecule has 0 heterocycles. The predicted molar refractivity (Wildman–Crippen MR) is 76.7 cm³/mol. The summed E-state index contributed by atoms with van der Waals surface area (Å²) in [5, 5.41) is 2.69. The number of hydrogen-bond donors (Lipinski definition) is 1. The molecular weight excluding hydrogens is 257 g/mol. The van der Waals surface area contributed by atoms with E-state index in [2.05, 4.69) is 5.32 Å². The lowest BCUT2D eigenvalue weighted by Crippen LogP contribution is -2.13. The van der Waals surface area contributed by atoms with Crippen molar-refractivity contribution in [1.29, 1.82) is 0 Å². The van der Waals surface area contributed by atoms with Gasteiger partial charge in [-0.2, -0.15) is 0 Å². The molecule has 3 nitrogen and oxygen atoms in total. The molecule has 0 radical (unpaired) electrons. The summed E-state index contributed by atoms with van der Waals surface area (Å²) in [6.07, 6.45) is 0.876. The van der Waals surface area contributed by atoms with Gasteiger partial charge in [0.15, 0.2) is 0 Å².